The molecule has 3 aromatic rings. The first-order valence-electron chi connectivity index (χ1n) is 5.64. The van der Waals surface area contributed by atoms with Crippen LogP contribution in [-0.4, -0.2) is 21.2 Å². The molecule has 3 heterocycles. The van der Waals surface area contributed by atoms with Gasteiger partial charge in [-0.2, -0.15) is 0 Å². The lowest BCUT2D eigenvalue weighted by molar-refractivity contribution is -0.120. The standard InChI is InChI=1S/C13H8BrN3O3/c14-9-3-4-12(15-7-9)17-10(11-2-1-5-19-11)6-13(16-17)20-8-18/h1-8H. The molecule has 3 aromatic heterocycles. The molecule has 0 fully saturated rings. The van der Waals surface area contributed by atoms with Crippen LogP contribution in [0, 0.1) is 0 Å². The van der Waals surface area contributed by atoms with Gasteiger partial charge in [-0.15, -0.1) is 5.10 Å². The van der Waals surface area contributed by atoms with Gasteiger partial charge in [-0.25, -0.2) is 9.67 Å². The lowest BCUT2D eigenvalue weighted by atomic mass is 10.3. The van der Waals surface area contributed by atoms with Gasteiger partial charge >= 0.3 is 0 Å². The van der Waals surface area contributed by atoms with Gasteiger partial charge in [-0.1, -0.05) is 0 Å². The van der Waals surface area contributed by atoms with E-state index < -0.39 is 0 Å². The molecule has 0 bridgehead atoms. The Kier molecular flexibility index (Phi) is 3.34. The van der Waals surface area contributed by atoms with E-state index in [1.165, 1.54) is 0 Å². The van der Waals surface area contributed by atoms with Crippen molar-refractivity contribution in [2.75, 3.05) is 0 Å². The van der Waals surface area contributed by atoms with E-state index in [1.807, 2.05) is 6.07 Å². The number of hydrogen-bond donors (Lipinski definition) is 0. The Bertz CT molecular complexity index is 720. The number of nitrogens with zero attached hydrogens (tertiary/aromatic N) is 3. The third kappa shape index (κ3) is 2.35. The van der Waals surface area contributed by atoms with Crippen molar-refractivity contribution in [1.82, 2.24) is 14.8 Å². The molecule has 0 saturated heterocycles. The maximum atomic E-state index is 10.4. The molecule has 7 heteroatoms. The van der Waals surface area contributed by atoms with Gasteiger partial charge in [0.15, 0.2) is 11.6 Å². The van der Waals surface area contributed by atoms with Crippen LogP contribution in [0.25, 0.3) is 17.3 Å². The number of furan rings is 1. The second kappa shape index (κ2) is 5.30. The van der Waals surface area contributed by atoms with Gasteiger partial charge in [0, 0.05) is 16.7 Å². The van der Waals surface area contributed by atoms with E-state index in [1.54, 1.807) is 41.4 Å². The molecule has 0 saturated carbocycles. The summed E-state index contributed by atoms with van der Waals surface area (Å²) in [5, 5.41) is 4.18. The van der Waals surface area contributed by atoms with E-state index in [4.69, 9.17) is 9.15 Å². The van der Waals surface area contributed by atoms with Crippen LogP contribution in [0.15, 0.2) is 51.7 Å². The van der Waals surface area contributed by atoms with Crippen LogP contribution in [0.5, 0.6) is 5.88 Å². The highest BCUT2D eigenvalue weighted by Gasteiger charge is 2.15. The minimum absolute atomic E-state index is 0.177. The van der Waals surface area contributed by atoms with Gasteiger partial charge in [-0.3, -0.25) is 4.79 Å². The molecule has 0 aromatic carbocycles. The number of halogens is 1. The normalized spacial score (nSPS) is 10.4. The zero-order valence-corrected chi connectivity index (χ0v) is 11.6. The highest BCUT2D eigenvalue weighted by atomic mass is 79.9. The molecule has 0 amide bonds. The number of carbonyl (C=O) groups is 1. The summed E-state index contributed by atoms with van der Waals surface area (Å²) in [6.45, 7) is 0.327. The summed E-state index contributed by atoms with van der Waals surface area (Å²) in [6, 6.07) is 8.79. The van der Waals surface area contributed by atoms with Crippen molar-refractivity contribution in [1.29, 1.82) is 0 Å². The first-order valence-corrected chi connectivity index (χ1v) is 6.43. The molecule has 0 radical (unpaired) electrons. The number of carbonyl (C=O) groups excluding carboxylic acids is 1. The highest BCUT2D eigenvalue weighted by Crippen LogP contribution is 2.26. The Morgan fingerprint density at radius 1 is 1.35 bits per heavy atom. The summed E-state index contributed by atoms with van der Waals surface area (Å²) in [4.78, 5) is 14.7. The topological polar surface area (TPSA) is 70.2 Å². The Morgan fingerprint density at radius 2 is 2.25 bits per heavy atom. The van der Waals surface area contributed by atoms with E-state index in [9.17, 15) is 4.79 Å². The quantitative estimate of drug-likeness (QED) is 0.686. The van der Waals surface area contributed by atoms with Crippen LogP contribution in [0.2, 0.25) is 0 Å². The summed E-state index contributed by atoms with van der Waals surface area (Å²) in [5.41, 5.74) is 0.640. The van der Waals surface area contributed by atoms with Crippen molar-refractivity contribution in [2.24, 2.45) is 0 Å². The van der Waals surface area contributed by atoms with Crippen molar-refractivity contribution in [3.8, 4) is 23.2 Å². The molecule has 6 nitrogen and oxygen atoms in total. The summed E-state index contributed by atoms with van der Waals surface area (Å²) in [5.74, 6) is 1.36. The van der Waals surface area contributed by atoms with Crippen LogP contribution in [0.3, 0.4) is 0 Å². The SMILES string of the molecule is O=COc1cc(-c2ccco2)n(-c2ccc(Br)cn2)n1. The molecule has 0 atom stereocenters. The minimum atomic E-state index is 0.177. The molecule has 0 aliphatic heterocycles. The Hall–Kier alpha value is -2.41. The Morgan fingerprint density at radius 3 is 2.90 bits per heavy atom. The summed E-state index contributed by atoms with van der Waals surface area (Å²) < 4.78 is 12.5. The van der Waals surface area contributed by atoms with Gasteiger partial charge in [0.2, 0.25) is 5.88 Å². The van der Waals surface area contributed by atoms with E-state index in [-0.39, 0.29) is 5.88 Å². The largest absolute Gasteiger partial charge is 0.463 e. The number of ether oxygens (including phenoxy) is 1. The smallest absolute Gasteiger partial charge is 0.299 e. The van der Waals surface area contributed by atoms with Crippen molar-refractivity contribution in [3.05, 3.63) is 47.3 Å². The summed E-state index contributed by atoms with van der Waals surface area (Å²) >= 11 is 3.32. The van der Waals surface area contributed by atoms with Gasteiger partial charge < -0.3 is 9.15 Å². The fourth-order valence-corrected chi connectivity index (χ4v) is 1.97. The maximum Gasteiger partial charge on any atom is 0.299 e. The average Bonchev–Trinajstić information content (AvgIpc) is 3.08. The zero-order chi connectivity index (χ0) is 13.9. The molecular weight excluding hydrogens is 326 g/mol. The Balaban J connectivity index is 2.12. The highest BCUT2D eigenvalue weighted by molar-refractivity contribution is 9.10. The molecule has 0 aliphatic carbocycles. The van der Waals surface area contributed by atoms with Crippen LogP contribution in [0.4, 0.5) is 0 Å². The van der Waals surface area contributed by atoms with Gasteiger partial charge in [-0.05, 0) is 40.2 Å². The molecule has 3 rings (SSSR count). The fraction of sp³-hybridized carbons (Fsp3) is 0. The fourth-order valence-electron chi connectivity index (χ4n) is 1.73. The lowest BCUT2D eigenvalue weighted by Gasteiger charge is -2.03. The maximum absolute atomic E-state index is 10.4. The van der Waals surface area contributed by atoms with E-state index in [0.29, 0.717) is 23.7 Å². The average molecular weight is 334 g/mol. The van der Waals surface area contributed by atoms with E-state index >= 15 is 0 Å². The van der Waals surface area contributed by atoms with Crippen molar-refractivity contribution < 1.29 is 13.9 Å². The molecule has 0 aliphatic rings. The molecule has 0 spiro atoms. The van der Waals surface area contributed by atoms with Crippen molar-refractivity contribution >= 4 is 22.4 Å². The van der Waals surface area contributed by atoms with E-state index in [0.717, 1.165) is 4.47 Å². The van der Waals surface area contributed by atoms with Gasteiger partial charge in [0.1, 0.15) is 5.69 Å². The van der Waals surface area contributed by atoms with Gasteiger partial charge in [0.25, 0.3) is 6.47 Å². The zero-order valence-electron chi connectivity index (χ0n) is 10.1. The number of aromatic nitrogens is 3. The first kappa shape index (κ1) is 12.6. The van der Waals surface area contributed by atoms with Crippen LogP contribution in [-0.2, 0) is 4.79 Å². The number of pyridine rings is 1. The third-order valence-corrected chi connectivity index (χ3v) is 3.03. The third-order valence-electron chi connectivity index (χ3n) is 2.56. The second-order valence-corrected chi connectivity index (χ2v) is 4.72. The lowest BCUT2D eigenvalue weighted by Crippen LogP contribution is -2.01. The predicted molar refractivity (Wildman–Crippen MR) is 73.5 cm³/mol. The first-order chi connectivity index (χ1) is 9.78. The Labute approximate surface area is 122 Å². The second-order valence-electron chi connectivity index (χ2n) is 3.81. The van der Waals surface area contributed by atoms with Gasteiger partial charge in [0.05, 0.1) is 6.26 Å². The summed E-state index contributed by atoms with van der Waals surface area (Å²) in [7, 11) is 0. The van der Waals surface area contributed by atoms with E-state index in [2.05, 4.69) is 26.0 Å². The number of hydrogen-bond acceptors (Lipinski definition) is 5. The molecule has 100 valence electrons. The van der Waals surface area contributed by atoms with Crippen LogP contribution < -0.4 is 4.74 Å². The van der Waals surface area contributed by atoms with Crippen LogP contribution in [0.1, 0.15) is 0 Å². The molecule has 20 heavy (non-hydrogen) atoms. The molecular formula is C13H8BrN3O3. The summed E-state index contributed by atoms with van der Waals surface area (Å²) in [6.07, 6.45) is 3.21. The molecule has 0 unspecified atom stereocenters. The monoisotopic (exact) mass is 333 g/mol. The predicted octanol–water partition coefficient (Wildman–Crippen LogP) is 2.83. The van der Waals surface area contributed by atoms with Crippen LogP contribution >= 0.6 is 15.9 Å². The van der Waals surface area contributed by atoms with Crippen molar-refractivity contribution in [2.45, 2.75) is 0 Å². The minimum Gasteiger partial charge on any atom is -0.463 e. The van der Waals surface area contributed by atoms with Crippen molar-refractivity contribution in [3.63, 3.8) is 0 Å². The number of rotatable bonds is 4. The molecule has 0 N–H and O–H groups in total.